The van der Waals surface area contributed by atoms with Crippen LogP contribution in [0.1, 0.15) is 36.6 Å². The minimum atomic E-state index is 0.318. The van der Waals surface area contributed by atoms with E-state index in [9.17, 15) is 0 Å². The molecular formula is C17H17BrClNS. The molecule has 2 aromatic carbocycles. The summed E-state index contributed by atoms with van der Waals surface area (Å²) >= 11 is 11.6. The second kappa shape index (κ2) is 6.74. The van der Waals surface area contributed by atoms with Crippen molar-refractivity contribution in [3.05, 3.63) is 63.1 Å². The summed E-state index contributed by atoms with van der Waals surface area (Å²) in [6.45, 7) is 2.22. The average molecular weight is 383 g/mol. The Morgan fingerprint density at radius 2 is 2.00 bits per heavy atom. The van der Waals surface area contributed by atoms with E-state index in [1.54, 1.807) is 0 Å². The highest BCUT2D eigenvalue weighted by molar-refractivity contribution is 9.10. The maximum atomic E-state index is 6.17. The van der Waals surface area contributed by atoms with Gasteiger partial charge in [-0.1, -0.05) is 39.7 Å². The summed E-state index contributed by atoms with van der Waals surface area (Å²) in [6, 6.07) is 15.4. The molecule has 0 aliphatic carbocycles. The van der Waals surface area contributed by atoms with Crippen molar-refractivity contribution in [2.24, 2.45) is 0 Å². The van der Waals surface area contributed by atoms with E-state index in [4.69, 9.17) is 11.6 Å². The highest BCUT2D eigenvalue weighted by atomic mass is 79.9. The quantitative estimate of drug-likeness (QED) is 0.699. The summed E-state index contributed by atoms with van der Waals surface area (Å²) in [7, 11) is 0. The number of thioether (sulfide) groups is 1. The van der Waals surface area contributed by atoms with Crippen molar-refractivity contribution < 1.29 is 0 Å². The zero-order chi connectivity index (χ0) is 14.8. The fourth-order valence-corrected chi connectivity index (χ4v) is 4.24. The van der Waals surface area contributed by atoms with Crippen LogP contribution in [-0.2, 0) is 0 Å². The van der Waals surface area contributed by atoms with Crippen LogP contribution < -0.4 is 5.32 Å². The zero-order valence-corrected chi connectivity index (χ0v) is 14.9. The van der Waals surface area contributed by atoms with Gasteiger partial charge in [-0.05, 0) is 60.6 Å². The van der Waals surface area contributed by atoms with Gasteiger partial charge in [-0.2, -0.15) is 0 Å². The Labute approximate surface area is 143 Å². The van der Waals surface area contributed by atoms with Crippen LogP contribution in [0.3, 0.4) is 0 Å². The summed E-state index contributed by atoms with van der Waals surface area (Å²) < 4.78 is 1.12. The van der Waals surface area contributed by atoms with Gasteiger partial charge in [0.2, 0.25) is 0 Å². The molecular weight excluding hydrogens is 366 g/mol. The molecule has 1 heterocycles. The molecule has 3 rings (SSSR count). The molecule has 2 atom stereocenters. The van der Waals surface area contributed by atoms with Crippen LogP contribution in [-0.4, -0.2) is 5.75 Å². The molecule has 0 aromatic heterocycles. The first-order valence-electron chi connectivity index (χ1n) is 7.07. The Hall–Kier alpha value is -0.480. The Morgan fingerprint density at radius 3 is 2.76 bits per heavy atom. The number of hydrogen-bond donors (Lipinski definition) is 1. The molecule has 110 valence electrons. The smallest absolute Gasteiger partial charge is 0.0410 e. The van der Waals surface area contributed by atoms with Gasteiger partial charge in [-0.15, -0.1) is 11.8 Å². The molecule has 0 amide bonds. The molecule has 4 heteroatoms. The minimum Gasteiger partial charge on any atom is -0.303 e. The van der Waals surface area contributed by atoms with Gasteiger partial charge < -0.3 is 5.32 Å². The SMILES string of the molecule is CC(NC1CCSc2ccc(Cl)cc21)c1ccc(Br)cc1. The van der Waals surface area contributed by atoms with E-state index in [0.29, 0.717) is 12.1 Å². The van der Waals surface area contributed by atoms with Gasteiger partial charge in [0.25, 0.3) is 0 Å². The molecule has 1 aliphatic heterocycles. The van der Waals surface area contributed by atoms with Crippen LogP contribution >= 0.6 is 39.3 Å². The van der Waals surface area contributed by atoms with Gasteiger partial charge in [0.15, 0.2) is 0 Å². The number of hydrogen-bond acceptors (Lipinski definition) is 2. The van der Waals surface area contributed by atoms with Gasteiger partial charge >= 0.3 is 0 Å². The maximum Gasteiger partial charge on any atom is 0.0410 e. The summed E-state index contributed by atoms with van der Waals surface area (Å²) in [6.07, 6.45) is 1.14. The largest absolute Gasteiger partial charge is 0.303 e. The molecule has 0 bridgehead atoms. The average Bonchev–Trinajstić information content (AvgIpc) is 2.48. The predicted octanol–water partition coefficient (Wildman–Crippen LogP) is 5.99. The van der Waals surface area contributed by atoms with Crippen LogP contribution in [0.4, 0.5) is 0 Å². The lowest BCUT2D eigenvalue weighted by atomic mass is 10.0. The van der Waals surface area contributed by atoms with Crippen molar-refractivity contribution in [2.75, 3.05) is 5.75 Å². The Bertz CT molecular complexity index is 629. The minimum absolute atomic E-state index is 0.318. The van der Waals surface area contributed by atoms with Crippen molar-refractivity contribution in [3.63, 3.8) is 0 Å². The molecule has 0 fully saturated rings. The first-order chi connectivity index (χ1) is 10.1. The van der Waals surface area contributed by atoms with Crippen molar-refractivity contribution >= 4 is 39.3 Å². The van der Waals surface area contributed by atoms with E-state index in [0.717, 1.165) is 21.7 Å². The summed E-state index contributed by atoms with van der Waals surface area (Å²) in [4.78, 5) is 1.35. The Kier molecular flexibility index (Phi) is 4.95. The molecule has 0 saturated heterocycles. The van der Waals surface area contributed by atoms with Crippen molar-refractivity contribution in [2.45, 2.75) is 30.3 Å². The van der Waals surface area contributed by atoms with Crippen molar-refractivity contribution in [3.8, 4) is 0 Å². The molecule has 2 unspecified atom stereocenters. The van der Waals surface area contributed by atoms with Gasteiger partial charge in [0.05, 0.1) is 0 Å². The Morgan fingerprint density at radius 1 is 1.24 bits per heavy atom. The zero-order valence-electron chi connectivity index (χ0n) is 11.8. The topological polar surface area (TPSA) is 12.0 Å². The highest BCUT2D eigenvalue weighted by Gasteiger charge is 2.22. The normalized spacial score (nSPS) is 19.1. The lowest BCUT2D eigenvalue weighted by Crippen LogP contribution is -2.27. The lowest BCUT2D eigenvalue weighted by molar-refractivity contribution is 0.450. The predicted molar refractivity (Wildman–Crippen MR) is 95.2 cm³/mol. The molecule has 2 aromatic rings. The van der Waals surface area contributed by atoms with Gasteiger partial charge in [-0.25, -0.2) is 0 Å². The van der Waals surface area contributed by atoms with Gasteiger partial charge in [0, 0.05) is 26.5 Å². The van der Waals surface area contributed by atoms with Gasteiger partial charge in [0.1, 0.15) is 0 Å². The van der Waals surface area contributed by atoms with Crippen molar-refractivity contribution in [1.82, 2.24) is 5.32 Å². The highest BCUT2D eigenvalue weighted by Crippen LogP contribution is 2.38. The van der Waals surface area contributed by atoms with Crippen LogP contribution in [0.15, 0.2) is 51.8 Å². The molecule has 1 aliphatic rings. The van der Waals surface area contributed by atoms with E-state index in [2.05, 4.69) is 64.6 Å². The van der Waals surface area contributed by atoms with Crippen LogP contribution in [0.25, 0.3) is 0 Å². The van der Waals surface area contributed by atoms with Crippen LogP contribution in [0.2, 0.25) is 5.02 Å². The maximum absolute atomic E-state index is 6.17. The number of nitrogens with one attached hydrogen (secondary N) is 1. The molecule has 1 nitrogen and oxygen atoms in total. The fraction of sp³-hybridized carbons (Fsp3) is 0.294. The van der Waals surface area contributed by atoms with E-state index in [1.807, 2.05) is 17.8 Å². The number of fused-ring (bicyclic) bond motifs is 1. The third kappa shape index (κ3) is 3.65. The van der Waals surface area contributed by atoms with Crippen LogP contribution in [0, 0.1) is 0 Å². The molecule has 0 saturated carbocycles. The molecule has 0 spiro atoms. The Balaban J connectivity index is 1.80. The lowest BCUT2D eigenvalue weighted by Gasteiger charge is -2.29. The number of benzene rings is 2. The second-order valence-corrected chi connectivity index (χ2v) is 7.80. The third-order valence-electron chi connectivity index (χ3n) is 3.83. The summed E-state index contributed by atoms with van der Waals surface area (Å²) in [5, 5.41) is 4.57. The first kappa shape index (κ1) is 15.4. The van der Waals surface area contributed by atoms with Crippen LogP contribution in [0.5, 0.6) is 0 Å². The van der Waals surface area contributed by atoms with E-state index >= 15 is 0 Å². The van der Waals surface area contributed by atoms with Crippen molar-refractivity contribution in [1.29, 1.82) is 0 Å². The fourth-order valence-electron chi connectivity index (χ4n) is 2.69. The molecule has 21 heavy (non-hydrogen) atoms. The first-order valence-corrected chi connectivity index (χ1v) is 9.23. The standard InChI is InChI=1S/C17H17BrClNS/c1-11(12-2-4-13(18)5-3-12)20-16-8-9-21-17-7-6-14(19)10-15(16)17/h2-7,10-11,16,20H,8-9H2,1H3. The summed E-state index contributed by atoms with van der Waals surface area (Å²) in [5.74, 6) is 1.15. The van der Waals surface area contributed by atoms with E-state index in [-0.39, 0.29) is 0 Å². The van der Waals surface area contributed by atoms with E-state index < -0.39 is 0 Å². The molecule has 1 N–H and O–H groups in total. The van der Waals surface area contributed by atoms with Gasteiger partial charge in [-0.3, -0.25) is 0 Å². The van der Waals surface area contributed by atoms with E-state index in [1.165, 1.54) is 16.0 Å². The third-order valence-corrected chi connectivity index (χ3v) is 5.72. The number of halogens is 2. The monoisotopic (exact) mass is 381 g/mol. The second-order valence-electron chi connectivity index (χ2n) is 5.31. The summed E-state index contributed by atoms with van der Waals surface area (Å²) in [5.41, 5.74) is 2.64. The number of rotatable bonds is 3. The molecule has 0 radical (unpaired) electrons.